The van der Waals surface area contributed by atoms with Crippen LogP contribution in [0.4, 0.5) is 0 Å². The summed E-state index contributed by atoms with van der Waals surface area (Å²) in [4.78, 5) is 0. The zero-order valence-electron chi connectivity index (χ0n) is 8.56. The Kier molecular flexibility index (Phi) is 6.98. The Morgan fingerprint density at radius 3 is 1.93 bits per heavy atom. The molecule has 0 fully saturated rings. The Hall–Kier alpha value is -0.240. The molecule has 14 heavy (non-hydrogen) atoms. The van der Waals surface area contributed by atoms with Crippen molar-refractivity contribution in [3.8, 4) is 0 Å². The first-order valence-electron chi connectivity index (χ1n) is 4.69. The SMILES string of the molecule is C[N+](CCO)(CCO)CCNC(O)O. The number of quaternary nitrogens is 1. The van der Waals surface area contributed by atoms with E-state index in [9.17, 15) is 0 Å². The summed E-state index contributed by atoms with van der Waals surface area (Å²) in [5.41, 5.74) is 0. The van der Waals surface area contributed by atoms with Crippen LogP contribution in [0.15, 0.2) is 0 Å². The van der Waals surface area contributed by atoms with Gasteiger partial charge in [-0.25, -0.2) is 0 Å². The highest BCUT2D eigenvalue weighted by Gasteiger charge is 2.19. The van der Waals surface area contributed by atoms with Crippen molar-refractivity contribution in [2.45, 2.75) is 6.41 Å². The number of hydrogen-bond donors (Lipinski definition) is 5. The van der Waals surface area contributed by atoms with Gasteiger partial charge in [-0.15, -0.1) is 0 Å². The molecular formula is C8H21N2O4+. The molecule has 0 aliphatic rings. The van der Waals surface area contributed by atoms with Gasteiger partial charge in [0.25, 0.3) is 0 Å². The lowest BCUT2D eigenvalue weighted by atomic mass is 10.3. The van der Waals surface area contributed by atoms with Crippen LogP contribution in [0.1, 0.15) is 0 Å². The fourth-order valence-corrected chi connectivity index (χ4v) is 1.28. The van der Waals surface area contributed by atoms with E-state index in [1.54, 1.807) is 0 Å². The molecule has 0 amide bonds. The third kappa shape index (κ3) is 6.25. The van der Waals surface area contributed by atoms with Crippen molar-refractivity contribution < 1.29 is 24.9 Å². The van der Waals surface area contributed by atoms with Gasteiger partial charge in [-0.1, -0.05) is 0 Å². The molecule has 0 aromatic carbocycles. The van der Waals surface area contributed by atoms with Crippen molar-refractivity contribution >= 4 is 0 Å². The van der Waals surface area contributed by atoms with Crippen molar-refractivity contribution in [1.29, 1.82) is 0 Å². The van der Waals surface area contributed by atoms with Gasteiger partial charge in [-0.3, -0.25) is 5.32 Å². The fourth-order valence-electron chi connectivity index (χ4n) is 1.28. The smallest absolute Gasteiger partial charge is 0.211 e. The summed E-state index contributed by atoms with van der Waals surface area (Å²) >= 11 is 0. The predicted octanol–water partition coefficient (Wildman–Crippen LogP) is -2.72. The first kappa shape index (κ1) is 13.8. The molecule has 0 unspecified atom stereocenters. The number of likely N-dealkylation sites (N-methyl/N-ethyl adjacent to an activating group) is 1. The van der Waals surface area contributed by atoms with E-state index in [2.05, 4.69) is 5.32 Å². The normalized spacial score (nSPS) is 12.4. The quantitative estimate of drug-likeness (QED) is 0.221. The first-order valence-corrected chi connectivity index (χ1v) is 4.69. The molecule has 0 saturated carbocycles. The third-order valence-corrected chi connectivity index (χ3v) is 2.26. The second kappa shape index (κ2) is 7.10. The van der Waals surface area contributed by atoms with Crippen LogP contribution >= 0.6 is 0 Å². The average molecular weight is 209 g/mol. The van der Waals surface area contributed by atoms with E-state index in [0.29, 0.717) is 30.7 Å². The van der Waals surface area contributed by atoms with Gasteiger partial charge in [0.05, 0.1) is 26.8 Å². The number of aliphatic hydroxyl groups is 4. The molecule has 0 aromatic rings. The summed E-state index contributed by atoms with van der Waals surface area (Å²) in [7, 11) is 1.90. The molecule has 0 radical (unpaired) electrons. The Labute approximate surface area is 84.0 Å². The number of nitrogens with zero attached hydrogens (tertiary/aromatic N) is 1. The minimum absolute atomic E-state index is 0.0537. The summed E-state index contributed by atoms with van der Waals surface area (Å²) in [6, 6.07) is 0. The lowest BCUT2D eigenvalue weighted by molar-refractivity contribution is -0.909. The number of rotatable bonds is 8. The zero-order chi connectivity index (χ0) is 11.0. The van der Waals surface area contributed by atoms with Crippen LogP contribution in [0.5, 0.6) is 0 Å². The van der Waals surface area contributed by atoms with Crippen LogP contribution in [-0.4, -0.2) is 77.8 Å². The molecule has 0 heterocycles. The van der Waals surface area contributed by atoms with Crippen LogP contribution in [0.2, 0.25) is 0 Å². The summed E-state index contributed by atoms with van der Waals surface area (Å²) in [5.74, 6) is 0. The molecule has 0 rings (SSSR count). The summed E-state index contributed by atoms with van der Waals surface area (Å²) in [6.45, 7) is 2.25. The van der Waals surface area contributed by atoms with Crippen LogP contribution in [0, 0.1) is 0 Å². The monoisotopic (exact) mass is 209 g/mol. The van der Waals surface area contributed by atoms with Gasteiger partial charge in [0, 0.05) is 6.54 Å². The van der Waals surface area contributed by atoms with Gasteiger partial charge >= 0.3 is 0 Å². The van der Waals surface area contributed by atoms with E-state index in [1.165, 1.54) is 0 Å². The molecule has 5 N–H and O–H groups in total. The van der Waals surface area contributed by atoms with E-state index >= 15 is 0 Å². The second-order valence-electron chi connectivity index (χ2n) is 3.57. The molecule has 0 aromatic heterocycles. The second-order valence-corrected chi connectivity index (χ2v) is 3.57. The molecular weight excluding hydrogens is 188 g/mol. The minimum atomic E-state index is -1.51. The molecule has 0 saturated heterocycles. The highest BCUT2D eigenvalue weighted by molar-refractivity contribution is 4.45. The van der Waals surface area contributed by atoms with Gasteiger partial charge < -0.3 is 24.9 Å². The number of nitrogens with one attached hydrogen (secondary N) is 1. The summed E-state index contributed by atoms with van der Waals surface area (Å²) in [5, 5.41) is 37.2. The van der Waals surface area contributed by atoms with E-state index < -0.39 is 6.41 Å². The maximum Gasteiger partial charge on any atom is 0.211 e. The van der Waals surface area contributed by atoms with Crippen molar-refractivity contribution in [1.82, 2.24) is 5.32 Å². The first-order chi connectivity index (χ1) is 6.54. The van der Waals surface area contributed by atoms with Gasteiger partial charge in [0.2, 0.25) is 6.41 Å². The largest absolute Gasteiger partial charge is 0.391 e. The Balaban J connectivity index is 3.83. The van der Waals surface area contributed by atoms with E-state index in [0.717, 1.165) is 0 Å². The molecule has 0 spiro atoms. The standard InChI is InChI=1S/C8H21N2O4/c1-10(4-6-11,5-7-12)3-2-9-8(13)14/h8-9,11-14H,2-7H2,1H3/q+1. The molecule has 86 valence electrons. The van der Waals surface area contributed by atoms with Gasteiger partial charge in [0.15, 0.2) is 0 Å². The van der Waals surface area contributed by atoms with Crippen LogP contribution in [0.3, 0.4) is 0 Å². The molecule has 0 aliphatic heterocycles. The Bertz CT molecular complexity index is 137. The van der Waals surface area contributed by atoms with Crippen molar-refractivity contribution in [2.75, 3.05) is 46.4 Å². The predicted molar refractivity (Wildman–Crippen MR) is 51.2 cm³/mol. The lowest BCUT2D eigenvalue weighted by Gasteiger charge is -2.33. The lowest BCUT2D eigenvalue weighted by Crippen LogP contribution is -2.52. The number of aliphatic hydroxyl groups excluding tert-OH is 3. The van der Waals surface area contributed by atoms with Crippen LogP contribution in [-0.2, 0) is 0 Å². The molecule has 6 heteroatoms. The van der Waals surface area contributed by atoms with Crippen molar-refractivity contribution in [3.05, 3.63) is 0 Å². The van der Waals surface area contributed by atoms with E-state index in [1.807, 2.05) is 7.05 Å². The highest BCUT2D eigenvalue weighted by Crippen LogP contribution is 1.99. The van der Waals surface area contributed by atoms with Crippen LogP contribution < -0.4 is 5.32 Å². The van der Waals surface area contributed by atoms with Crippen LogP contribution in [0.25, 0.3) is 0 Å². The maximum atomic E-state index is 8.82. The fraction of sp³-hybridized carbons (Fsp3) is 1.00. The third-order valence-electron chi connectivity index (χ3n) is 2.26. The van der Waals surface area contributed by atoms with Gasteiger partial charge in [-0.05, 0) is 0 Å². The number of hydrogen-bond acceptors (Lipinski definition) is 5. The zero-order valence-corrected chi connectivity index (χ0v) is 8.56. The van der Waals surface area contributed by atoms with E-state index in [-0.39, 0.29) is 13.2 Å². The van der Waals surface area contributed by atoms with Crippen molar-refractivity contribution in [2.24, 2.45) is 0 Å². The molecule has 0 aliphatic carbocycles. The topological polar surface area (TPSA) is 93.0 Å². The Morgan fingerprint density at radius 2 is 1.57 bits per heavy atom. The molecule has 0 bridgehead atoms. The summed E-state index contributed by atoms with van der Waals surface area (Å²) in [6.07, 6.45) is -1.51. The molecule has 0 atom stereocenters. The molecule has 6 nitrogen and oxygen atoms in total. The maximum absolute atomic E-state index is 8.82. The average Bonchev–Trinajstić information content (AvgIpc) is 2.03. The summed E-state index contributed by atoms with van der Waals surface area (Å²) < 4.78 is 0.507. The van der Waals surface area contributed by atoms with Crippen molar-refractivity contribution in [3.63, 3.8) is 0 Å². The van der Waals surface area contributed by atoms with E-state index in [4.69, 9.17) is 20.4 Å². The minimum Gasteiger partial charge on any atom is -0.391 e. The highest BCUT2D eigenvalue weighted by atomic mass is 16.5. The Morgan fingerprint density at radius 1 is 1.07 bits per heavy atom. The van der Waals surface area contributed by atoms with Gasteiger partial charge in [0.1, 0.15) is 13.1 Å². The van der Waals surface area contributed by atoms with Gasteiger partial charge in [-0.2, -0.15) is 0 Å².